The molecule has 0 aliphatic rings. The molecule has 0 saturated heterocycles. The lowest BCUT2D eigenvalue weighted by Gasteiger charge is -2.18. The van der Waals surface area contributed by atoms with Crippen molar-refractivity contribution in [2.24, 2.45) is 5.41 Å². The molecular weight excluding hydrogens is 260 g/mol. The minimum Gasteiger partial charge on any atom is -0.478 e. The minimum atomic E-state index is 0.295. The molecule has 0 bridgehead atoms. The molecule has 1 N–H and O–H groups in total. The fourth-order valence-corrected chi connectivity index (χ4v) is 1.96. The van der Waals surface area contributed by atoms with Crippen LogP contribution in [0.2, 0.25) is 0 Å². The molecule has 0 atom stereocenters. The lowest BCUT2D eigenvalue weighted by Crippen LogP contribution is -2.22. The third-order valence-corrected chi connectivity index (χ3v) is 3.24. The van der Waals surface area contributed by atoms with E-state index >= 15 is 0 Å². The lowest BCUT2D eigenvalue weighted by molar-refractivity contribution is 0.235. The van der Waals surface area contributed by atoms with Gasteiger partial charge in [0.2, 0.25) is 5.88 Å². The molecule has 0 radical (unpaired) electrons. The van der Waals surface area contributed by atoms with Gasteiger partial charge < -0.3 is 10.1 Å². The van der Waals surface area contributed by atoms with E-state index in [-0.39, 0.29) is 0 Å². The molecule has 0 aliphatic carbocycles. The first kappa shape index (κ1) is 18.0. The standard InChI is InChI=1S/C18H32N2O/c1-7-8-16-11-15(13-19-14(2)3)12-17(20-16)21-10-9-18(4,5)6/h11-12,14,19H,7-10,13H2,1-6H3. The van der Waals surface area contributed by atoms with Gasteiger partial charge in [-0.15, -0.1) is 0 Å². The van der Waals surface area contributed by atoms with Crippen molar-refractivity contribution in [1.29, 1.82) is 0 Å². The van der Waals surface area contributed by atoms with Crippen molar-refractivity contribution >= 4 is 0 Å². The van der Waals surface area contributed by atoms with E-state index in [0.29, 0.717) is 11.5 Å². The third kappa shape index (κ3) is 8.05. The zero-order valence-corrected chi connectivity index (χ0v) is 14.6. The Morgan fingerprint density at radius 3 is 2.52 bits per heavy atom. The highest BCUT2D eigenvalue weighted by Crippen LogP contribution is 2.20. The Morgan fingerprint density at radius 1 is 1.24 bits per heavy atom. The molecular formula is C18H32N2O. The number of pyridine rings is 1. The largest absolute Gasteiger partial charge is 0.478 e. The number of hydrogen-bond donors (Lipinski definition) is 1. The molecule has 3 heteroatoms. The van der Waals surface area contributed by atoms with Crippen molar-refractivity contribution in [3.63, 3.8) is 0 Å². The van der Waals surface area contributed by atoms with Gasteiger partial charge in [-0.25, -0.2) is 4.98 Å². The molecule has 0 amide bonds. The van der Waals surface area contributed by atoms with Crippen LogP contribution < -0.4 is 10.1 Å². The van der Waals surface area contributed by atoms with Crippen molar-refractivity contribution in [3.05, 3.63) is 23.4 Å². The summed E-state index contributed by atoms with van der Waals surface area (Å²) in [6.07, 6.45) is 3.15. The molecule has 1 aromatic rings. The summed E-state index contributed by atoms with van der Waals surface area (Å²) in [6, 6.07) is 4.74. The maximum absolute atomic E-state index is 5.88. The summed E-state index contributed by atoms with van der Waals surface area (Å²) in [6.45, 7) is 14.8. The van der Waals surface area contributed by atoms with Crippen molar-refractivity contribution < 1.29 is 4.74 Å². The highest BCUT2D eigenvalue weighted by molar-refractivity contribution is 5.25. The van der Waals surface area contributed by atoms with Gasteiger partial charge in [-0.1, -0.05) is 48.0 Å². The fourth-order valence-electron chi connectivity index (χ4n) is 1.96. The number of rotatable bonds is 8. The van der Waals surface area contributed by atoms with E-state index in [0.717, 1.165) is 44.0 Å². The number of aryl methyl sites for hydroxylation is 1. The van der Waals surface area contributed by atoms with Crippen LogP contribution in [0.4, 0.5) is 0 Å². The van der Waals surface area contributed by atoms with Gasteiger partial charge in [0.15, 0.2) is 0 Å². The van der Waals surface area contributed by atoms with E-state index < -0.39 is 0 Å². The van der Waals surface area contributed by atoms with Gasteiger partial charge in [-0.05, 0) is 29.9 Å². The van der Waals surface area contributed by atoms with Crippen LogP contribution in [0.15, 0.2) is 12.1 Å². The van der Waals surface area contributed by atoms with E-state index in [4.69, 9.17) is 4.74 Å². The van der Waals surface area contributed by atoms with Crippen molar-refractivity contribution in [3.8, 4) is 5.88 Å². The maximum Gasteiger partial charge on any atom is 0.213 e. The molecule has 0 saturated carbocycles. The molecule has 0 fully saturated rings. The van der Waals surface area contributed by atoms with Gasteiger partial charge in [0.1, 0.15) is 0 Å². The quantitative estimate of drug-likeness (QED) is 0.773. The highest BCUT2D eigenvalue weighted by Gasteiger charge is 2.11. The van der Waals surface area contributed by atoms with Crippen LogP contribution in [0.1, 0.15) is 65.6 Å². The number of hydrogen-bond acceptors (Lipinski definition) is 3. The summed E-state index contributed by atoms with van der Waals surface area (Å²) in [5.74, 6) is 0.769. The van der Waals surface area contributed by atoms with Gasteiger partial charge in [-0.3, -0.25) is 0 Å². The topological polar surface area (TPSA) is 34.1 Å². The number of aromatic nitrogens is 1. The maximum atomic E-state index is 5.88. The van der Waals surface area contributed by atoms with Crippen LogP contribution in [-0.2, 0) is 13.0 Å². The number of nitrogens with zero attached hydrogens (tertiary/aromatic N) is 1. The Bertz CT molecular complexity index is 422. The first-order valence-corrected chi connectivity index (χ1v) is 8.16. The number of nitrogens with one attached hydrogen (secondary N) is 1. The number of ether oxygens (including phenoxy) is 1. The molecule has 120 valence electrons. The zero-order valence-electron chi connectivity index (χ0n) is 14.6. The smallest absolute Gasteiger partial charge is 0.213 e. The van der Waals surface area contributed by atoms with Gasteiger partial charge >= 0.3 is 0 Å². The molecule has 1 aromatic heterocycles. The van der Waals surface area contributed by atoms with Crippen molar-refractivity contribution in [2.45, 2.75) is 73.4 Å². The monoisotopic (exact) mass is 292 g/mol. The third-order valence-electron chi connectivity index (χ3n) is 3.24. The van der Waals surface area contributed by atoms with Crippen LogP contribution in [-0.4, -0.2) is 17.6 Å². The predicted octanol–water partition coefficient (Wildman–Crippen LogP) is 4.35. The fraction of sp³-hybridized carbons (Fsp3) is 0.722. The molecule has 0 unspecified atom stereocenters. The summed E-state index contributed by atoms with van der Waals surface area (Å²) in [5.41, 5.74) is 2.68. The van der Waals surface area contributed by atoms with Crippen molar-refractivity contribution in [1.82, 2.24) is 10.3 Å². The van der Waals surface area contributed by atoms with Crippen LogP contribution in [0.3, 0.4) is 0 Å². The van der Waals surface area contributed by atoms with Crippen LogP contribution >= 0.6 is 0 Å². The minimum absolute atomic E-state index is 0.295. The van der Waals surface area contributed by atoms with E-state index in [1.54, 1.807) is 0 Å². The predicted molar refractivity (Wildman–Crippen MR) is 89.8 cm³/mol. The van der Waals surface area contributed by atoms with Crippen LogP contribution in [0.25, 0.3) is 0 Å². The van der Waals surface area contributed by atoms with Gasteiger partial charge in [0.05, 0.1) is 6.61 Å². The average molecular weight is 292 g/mol. The van der Waals surface area contributed by atoms with Crippen LogP contribution in [0, 0.1) is 5.41 Å². The normalized spacial score (nSPS) is 12.0. The van der Waals surface area contributed by atoms with E-state index in [1.807, 2.05) is 0 Å². The molecule has 1 rings (SSSR count). The van der Waals surface area contributed by atoms with Gasteiger partial charge in [0.25, 0.3) is 0 Å². The molecule has 0 spiro atoms. The Morgan fingerprint density at radius 2 is 1.95 bits per heavy atom. The Hall–Kier alpha value is -1.09. The first-order chi connectivity index (χ1) is 9.80. The van der Waals surface area contributed by atoms with E-state index in [1.165, 1.54) is 5.56 Å². The Labute approximate surface area is 130 Å². The lowest BCUT2D eigenvalue weighted by atomic mass is 9.93. The molecule has 21 heavy (non-hydrogen) atoms. The Kier molecular flexibility index (Phi) is 7.16. The summed E-state index contributed by atoms with van der Waals surface area (Å²) < 4.78 is 5.88. The molecule has 3 nitrogen and oxygen atoms in total. The van der Waals surface area contributed by atoms with Gasteiger partial charge in [0, 0.05) is 24.3 Å². The molecule has 0 aliphatic heterocycles. The summed E-state index contributed by atoms with van der Waals surface area (Å²) in [5, 5.41) is 3.46. The summed E-state index contributed by atoms with van der Waals surface area (Å²) >= 11 is 0. The molecule has 1 heterocycles. The second kappa shape index (κ2) is 8.38. The second-order valence-electron chi connectivity index (χ2n) is 7.25. The zero-order chi connectivity index (χ0) is 15.9. The van der Waals surface area contributed by atoms with E-state index in [9.17, 15) is 0 Å². The second-order valence-corrected chi connectivity index (χ2v) is 7.25. The molecule has 0 aromatic carbocycles. The highest BCUT2D eigenvalue weighted by atomic mass is 16.5. The van der Waals surface area contributed by atoms with Gasteiger partial charge in [-0.2, -0.15) is 0 Å². The van der Waals surface area contributed by atoms with E-state index in [2.05, 4.69) is 64.0 Å². The van der Waals surface area contributed by atoms with Crippen LogP contribution in [0.5, 0.6) is 5.88 Å². The average Bonchev–Trinajstić information content (AvgIpc) is 2.35. The summed E-state index contributed by atoms with van der Waals surface area (Å²) in [7, 11) is 0. The van der Waals surface area contributed by atoms with Crippen molar-refractivity contribution in [2.75, 3.05) is 6.61 Å². The summed E-state index contributed by atoms with van der Waals surface area (Å²) in [4.78, 5) is 4.62. The SMILES string of the molecule is CCCc1cc(CNC(C)C)cc(OCCC(C)(C)C)n1. The Balaban J connectivity index is 2.71. The first-order valence-electron chi connectivity index (χ1n) is 8.16.